The van der Waals surface area contributed by atoms with Crippen LogP contribution in [0.3, 0.4) is 0 Å². The van der Waals surface area contributed by atoms with Gasteiger partial charge in [0.25, 0.3) is 0 Å². The molecule has 0 bridgehead atoms. The van der Waals surface area contributed by atoms with Gasteiger partial charge in [-0.3, -0.25) is 13.2 Å². The van der Waals surface area contributed by atoms with Gasteiger partial charge in [-0.25, -0.2) is 29.9 Å². The van der Waals surface area contributed by atoms with E-state index in [1.54, 1.807) is 0 Å². The molecule has 0 radical (unpaired) electrons. The molecule has 600 valence electrons. The van der Waals surface area contributed by atoms with Crippen molar-refractivity contribution in [1.82, 2.24) is 56.8 Å². The first-order chi connectivity index (χ1) is 64.5. The van der Waals surface area contributed by atoms with Crippen molar-refractivity contribution in [3.63, 3.8) is 0 Å². The van der Waals surface area contributed by atoms with Crippen LogP contribution < -0.4 is 0 Å². The molecule has 12 heterocycles. The molecule has 0 N–H and O–H groups in total. The maximum absolute atomic E-state index is 5.19. The first-order valence-corrected chi connectivity index (χ1v) is 44.2. The lowest BCUT2D eigenvalue weighted by Gasteiger charge is -2.14. The molecule has 130 heavy (non-hydrogen) atoms. The van der Waals surface area contributed by atoms with Gasteiger partial charge in [0.15, 0.2) is 16.9 Å². The average molecular weight is 1650 g/mol. The number of benzene rings is 19. The summed E-state index contributed by atoms with van der Waals surface area (Å²) >= 11 is 0. The third-order valence-electron chi connectivity index (χ3n) is 27.4. The van der Waals surface area contributed by atoms with Crippen molar-refractivity contribution >= 4 is 224 Å². The third-order valence-corrected chi connectivity index (χ3v) is 27.4. The predicted molar refractivity (Wildman–Crippen MR) is 539 cm³/mol. The zero-order chi connectivity index (χ0) is 84.7. The van der Waals surface area contributed by atoms with Gasteiger partial charge in [0.2, 0.25) is 0 Å². The van der Waals surface area contributed by atoms with Gasteiger partial charge in [-0.15, -0.1) is 0 Å². The monoisotopic (exact) mass is 1650 g/mol. The molecule has 0 aliphatic heterocycles. The van der Waals surface area contributed by atoms with Crippen molar-refractivity contribution in [3.05, 3.63) is 413 Å². The standard InChI is InChI=1S/C44H26N4.C38H22N4.C36H20N4/c1-3-12-27(13-4-1)29-24-30(28-14-5-2-6-15-28)26-31(25-29)47-37-21-10-7-16-32(37)40-38(47)22-23-39-41(40)33-17-11-18-34-42-44(48(39)43(33)34)46-36-20-9-8-19-35(36)45-42;1-3-10-23(11-4-1)24-18-19-26-33(22-24)41(25-12-5-2-6-13-25)31-20-21-32-35(34(26)31)27-14-9-15-28-36-38(42(32)37(27)28)40-30-17-8-7-16-29(30)39-36;1-2-9-22-20-23(17-16-21(22)8-1)39-29-15-6-3-10-24(29)32-30(39)18-19-31-33(32)25-11-7-12-26-34-36(40(31)35(25)26)38-28-14-5-4-13-27(28)37-34/h1-26H;1-22H;1-20H. The molecule has 0 spiro atoms. The van der Waals surface area contributed by atoms with Crippen LogP contribution in [-0.4, -0.2) is 56.8 Å². The minimum atomic E-state index is 0.904. The van der Waals surface area contributed by atoms with Gasteiger partial charge in [0, 0.05) is 97.9 Å². The highest BCUT2D eigenvalue weighted by atomic mass is 15.1. The minimum absolute atomic E-state index is 0.904. The highest BCUT2D eigenvalue weighted by Crippen LogP contribution is 2.51. The van der Waals surface area contributed by atoms with Gasteiger partial charge in [-0.05, 0) is 178 Å². The molecular weight excluding hydrogens is 1590 g/mol. The molecule has 12 heteroatoms. The van der Waals surface area contributed by atoms with Crippen LogP contribution in [-0.2, 0) is 0 Å². The number of para-hydroxylation sites is 12. The predicted octanol–water partition coefficient (Wildman–Crippen LogP) is 29.8. The molecule has 12 nitrogen and oxygen atoms in total. The van der Waals surface area contributed by atoms with Crippen molar-refractivity contribution in [2.75, 3.05) is 0 Å². The molecule has 0 unspecified atom stereocenters. The fraction of sp³-hybridized carbons (Fsp3) is 0. The SMILES string of the molecule is c1ccc(-c2cc(-c3ccccc3)cc(-n3c4ccccc4c4c5c6cccc7c8nc9ccccc9nc8n(c5ccc43)c76)c2)cc1.c1ccc(-c2ccc3c4c5c6cccc7c8nc9ccccc9nc8n(c5ccc4n(-c4ccccc4)c3c2)c76)cc1.c1ccc2cc(-n3c4ccccc4c4c5c6cccc7c8nc9ccccc9nc8n(c5ccc43)c76)ccc2c1. The zero-order valence-electron chi connectivity index (χ0n) is 69.6. The van der Waals surface area contributed by atoms with Gasteiger partial charge in [-0.2, -0.15) is 0 Å². The summed E-state index contributed by atoms with van der Waals surface area (Å²) in [7, 11) is 0. The highest BCUT2D eigenvalue weighted by Gasteiger charge is 2.30. The van der Waals surface area contributed by atoms with Gasteiger partial charge < -0.3 is 13.7 Å². The Balaban J connectivity index is 0.0000000964. The lowest BCUT2D eigenvalue weighted by atomic mass is 9.98. The van der Waals surface area contributed by atoms with Crippen LogP contribution in [0, 0.1) is 0 Å². The lowest BCUT2D eigenvalue weighted by Crippen LogP contribution is -1.96. The normalized spacial score (nSPS) is 12.3. The molecule has 0 saturated carbocycles. The molecule has 31 rings (SSSR count). The smallest absolute Gasteiger partial charge is 0.165 e. The molecule has 0 aliphatic rings. The Hall–Kier alpha value is -17.7. The molecular formula is C118H68N12. The second-order valence-corrected chi connectivity index (χ2v) is 34.3. The van der Waals surface area contributed by atoms with Crippen LogP contribution in [0.2, 0.25) is 0 Å². The van der Waals surface area contributed by atoms with Crippen LogP contribution >= 0.6 is 0 Å². The summed E-state index contributed by atoms with van der Waals surface area (Å²) < 4.78 is 14.3. The summed E-state index contributed by atoms with van der Waals surface area (Å²) in [6.07, 6.45) is 0. The van der Waals surface area contributed by atoms with Crippen LogP contribution in [0.25, 0.3) is 275 Å². The van der Waals surface area contributed by atoms with Gasteiger partial charge >= 0.3 is 0 Å². The quantitative estimate of drug-likeness (QED) is 0.164. The van der Waals surface area contributed by atoms with E-state index in [2.05, 4.69) is 367 Å². The van der Waals surface area contributed by atoms with Crippen molar-refractivity contribution in [2.24, 2.45) is 0 Å². The Bertz CT molecular complexity index is 10200. The number of fused-ring (bicyclic) bond motifs is 34. The molecule has 0 amide bonds. The van der Waals surface area contributed by atoms with Crippen molar-refractivity contribution in [1.29, 1.82) is 0 Å². The number of aromatic nitrogens is 12. The summed E-state index contributed by atoms with van der Waals surface area (Å²) in [5, 5.41) is 20.9. The number of hydrogen-bond acceptors (Lipinski definition) is 6. The second-order valence-electron chi connectivity index (χ2n) is 34.3. The van der Waals surface area contributed by atoms with Crippen LogP contribution in [0.5, 0.6) is 0 Å². The molecule has 0 aliphatic carbocycles. The summed E-state index contributed by atoms with van der Waals surface area (Å²) in [6, 6.07) is 147. The maximum atomic E-state index is 5.19. The molecule has 12 aromatic heterocycles. The Labute approximate surface area is 739 Å². The van der Waals surface area contributed by atoms with Crippen molar-refractivity contribution < 1.29 is 0 Å². The van der Waals surface area contributed by atoms with Crippen molar-refractivity contribution in [3.8, 4) is 50.4 Å². The van der Waals surface area contributed by atoms with Crippen LogP contribution in [0.15, 0.2) is 413 Å². The zero-order valence-corrected chi connectivity index (χ0v) is 69.6. The summed E-state index contributed by atoms with van der Waals surface area (Å²) in [4.78, 5) is 30.7. The topological polar surface area (TPSA) is 105 Å². The van der Waals surface area contributed by atoms with Gasteiger partial charge in [0.1, 0.15) is 16.6 Å². The molecule has 0 fully saturated rings. The third kappa shape index (κ3) is 9.97. The number of hydrogen-bond donors (Lipinski definition) is 0. The molecule has 0 atom stereocenters. The Kier molecular flexibility index (Phi) is 14.6. The van der Waals surface area contributed by atoms with E-state index in [1.165, 1.54) is 170 Å². The molecule has 19 aromatic carbocycles. The van der Waals surface area contributed by atoms with E-state index >= 15 is 0 Å². The fourth-order valence-electron chi connectivity index (χ4n) is 22.0. The van der Waals surface area contributed by atoms with E-state index < -0.39 is 0 Å². The first-order valence-electron chi connectivity index (χ1n) is 44.2. The number of rotatable bonds is 6. The Morgan fingerprint density at radius 2 is 0.477 bits per heavy atom. The van der Waals surface area contributed by atoms with E-state index in [-0.39, 0.29) is 0 Å². The molecule has 0 saturated heterocycles. The second kappa shape index (κ2) is 26.9. The van der Waals surface area contributed by atoms with E-state index in [0.29, 0.717) is 0 Å². The average Bonchev–Trinajstić information content (AvgIpc) is 1.53. The van der Waals surface area contributed by atoms with Gasteiger partial charge in [-0.1, -0.05) is 279 Å². The fourth-order valence-corrected chi connectivity index (χ4v) is 22.0. The first kappa shape index (κ1) is 70.6. The molecule has 31 aromatic rings. The largest absolute Gasteiger partial charge is 0.309 e. The van der Waals surface area contributed by atoms with E-state index in [9.17, 15) is 0 Å². The minimum Gasteiger partial charge on any atom is -0.309 e. The van der Waals surface area contributed by atoms with Gasteiger partial charge in [0.05, 0.1) is 99.3 Å². The van der Waals surface area contributed by atoms with E-state index in [0.717, 1.165) is 105 Å². The summed E-state index contributed by atoms with van der Waals surface area (Å²) in [5.74, 6) is 0. The number of nitrogens with zero attached hydrogens (tertiary/aromatic N) is 12. The Morgan fingerprint density at radius 1 is 0.154 bits per heavy atom. The van der Waals surface area contributed by atoms with Crippen LogP contribution in [0.4, 0.5) is 0 Å². The summed E-state index contributed by atoms with van der Waals surface area (Å²) in [6.45, 7) is 0. The van der Waals surface area contributed by atoms with E-state index in [1.807, 2.05) is 72.8 Å². The lowest BCUT2D eigenvalue weighted by molar-refractivity contribution is 1.18. The maximum Gasteiger partial charge on any atom is 0.165 e. The van der Waals surface area contributed by atoms with Crippen molar-refractivity contribution in [2.45, 2.75) is 0 Å². The summed E-state index contributed by atoms with van der Waals surface area (Å²) in [5.41, 5.74) is 36.0. The Morgan fingerprint density at radius 3 is 0.915 bits per heavy atom. The van der Waals surface area contributed by atoms with Crippen LogP contribution in [0.1, 0.15) is 0 Å². The van der Waals surface area contributed by atoms with E-state index in [4.69, 9.17) is 29.9 Å². The highest BCUT2D eigenvalue weighted by molar-refractivity contribution is 6.36.